The normalized spacial score (nSPS) is 12.0. The van der Waals surface area contributed by atoms with Crippen LogP contribution in [-0.4, -0.2) is 22.6 Å². The molecule has 0 saturated heterocycles. The van der Waals surface area contributed by atoms with E-state index in [4.69, 9.17) is 33.7 Å². The van der Waals surface area contributed by atoms with Gasteiger partial charge in [0.15, 0.2) is 10.9 Å². The third-order valence-corrected chi connectivity index (χ3v) is 3.27. The summed E-state index contributed by atoms with van der Waals surface area (Å²) in [7, 11) is 0. The van der Waals surface area contributed by atoms with Crippen molar-refractivity contribution in [2.24, 2.45) is 11.1 Å². The molecule has 0 radical (unpaired) electrons. The highest BCUT2D eigenvalue weighted by Crippen LogP contribution is 2.35. The van der Waals surface area contributed by atoms with Crippen molar-refractivity contribution in [3.63, 3.8) is 0 Å². The van der Waals surface area contributed by atoms with Crippen molar-refractivity contribution >= 4 is 35.3 Å². The number of halogens is 3. The van der Waals surface area contributed by atoms with Crippen molar-refractivity contribution in [2.75, 3.05) is 0 Å². The van der Waals surface area contributed by atoms with Crippen LogP contribution < -0.4 is 10.5 Å². The third-order valence-electron chi connectivity index (χ3n) is 2.74. The molecule has 0 fully saturated rings. The molecule has 1 aromatic rings. The maximum Gasteiger partial charge on any atom is 0.410 e. The third kappa shape index (κ3) is 5.49. The Hall–Kier alpha value is -1.60. The minimum atomic E-state index is -1.34. The summed E-state index contributed by atoms with van der Waals surface area (Å²) in [6.07, 6.45) is -0.825. The number of esters is 1. The Balaban J connectivity index is 3.28. The van der Waals surface area contributed by atoms with Crippen LogP contribution in [0.5, 0.6) is 5.75 Å². The number of ether oxygens (including phenoxy) is 2. The van der Waals surface area contributed by atoms with Crippen LogP contribution in [0, 0.1) is 11.2 Å². The van der Waals surface area contributed by atoms with E-state index < -0.39 is 45.1 Å². The van der Waals surface area contributed by atoms with E-state index in [9.17, 15) is 14.0 Å². The summed E-state index contributed by atoms with van der Waals surface area (Å²) in [5.41, 5.74) is 3.30. The number of aromatic nitrogens is 1. The minimum absolute atomic E-state index is 0.135. The van der Waals surface area contributed by atoms with Crippen LogP contribution in [0.2, 0.25) is 10.3 Å². The van der Waals surface area contributed by atoms with Gasteiger partial charge in [-0.15, -0.1) is 0 Å². The van der Waals surface area contributed by atoms with Crippen molar-refractivity contribution < 1.29 is 23.5 Å². The molecule has 0 saturated carbocycles. The zero-order valence-electron chi connectivity index (χ0n) is 14.0. The second-order valence-corrected chi connectivity index (χ2v) is 7.74. The molecule has 0 unspecified atom stereocenters. The van der Waals surface area contributed by atoms with E-state index in [0.29, 0.717) is 6.42 Å². The molecule has 0 aromatic carbocycles. The second kappa shape index (κ2) is 7.11. The molecule has 134 valence electrons. The topological polar surface area (TPSA) is 91.5 Å². The Morgan fingerprint density at radius 3 is 2.17 bits per heavy atom. The van der Waals surface area contributed by atoms with E-state index in [0.717, 1.165) is 0 Å². The van der Waals surface area contributed by atoms with E-state index in [1.807, 2.05) is 20.8 Å². The van der Waals surface area contributed by atoms with Gasteiger partial charge in [-0.25, -0.2) is 14.6 Å². The monoisotopic (exact) mass is 380 g/mol. The molecule has 9 heteroatoms. The molecule has 0 spiro atoms. The first kappa shape index (κ1) is 20.4. The van der Waals surface area contributed by atoms with E-state index in [2.05, 4.69) is 9.72 Å². The molecule has 24 heavy (non-hydrogen) atoms. The number of carbonyl (C=O) groups is 2. The average molecular weight is 381 g/mol. The van der Waals surface area contributed by atoms with Crippen LogP contribution in [0.4, 0.5) is 9.18 Å². The number of rotatable bonds is 4. The number of hydrogen-bond acceptors (Lipinski definition) is 5. The van der Waals surface area contributed by atoms with Crippen molar-refractivity contribution in [1.82, 2.24) is 4.98 Å². The van der Waals surface area contributed by atoms with Crippen LogP contribution in [0.1, 0.15) is 51.4 Å². The Morgan fingerprint density at radius 1 is 1.17 bits per heavy atom. The number of nitrogens with zero attached hydrogens (tertiary/aromatic N) is 1. The molecular weight excluding hydrogens is 362 g/mol. The quantitative estimate of drug-likeness (QED) is 0.618. The summed E-state index contributed by atoms with van der Waals surface area (Å²) in [6.45, 7) is 9.30. The first-order chi connectivity index (χ1) is 10.7. The number of carbonyl (C=O) groups excluding carboxylic acids is 2. The summed E-state index contributed by atoms with van der Waals surface area (Å²) in [5, 5.41) is -1.13. The van der Waals surface area contributed by atoms with Gasteiger partial charge in [0, 0.05) is 0 Å². The molecule has 1 rings (SSSR count). The van der Waals surface area contributed by atoms with Gasteiger partial charge in [-0.3, -0.25) is 0 Å². The fourth-order valence-electron chi connectivity index (χ4n) is 2.48. The minimum Gasteiger partial charge on any atom is -0.456 e. The average Bonchev–Trinajstić information content (AvgIpc) is 2.30. The second-order valence-electron chi connectivity index (χ2n) is 7.02. The van der Waals surface area contributed by atoms with Crippen LogP contribution in [0.15, 0.2) is 0 Å². The van der Waals surface area contributed by atoms with Crippen molar-refractivity contribution in [1.29, 1.82) is 0 Å². The fourth-order valence-corrected chi connectivity index (χ4v) is 2.94. The predicted molar refractivity (Wildman–Crippen MR) is 88.0 cm³/mol. The highest BCUT2D eigenvalue weighted by molar-refractivity contribution is 6.35. The lowest BCUT2D eigenvalue weighted by Gasteiger charge is -2.32. The predicted octanol–water partition coefficient (Wildman–Crippen LogP) is 4.36. The van der Waals surface area contributed by atoms with Crippen molar-refractivity contribution in [3.05, 3.63) is 21.7 Å². The number of nitrogens with two attached hydrogens (primary N) is 1. The Morgan fingerprint density at radius 2 is 1.71 bits per heavy atom. The number of hydrogen-bond donors (Lipinski definition) is 1. The zero-order valence-corrected chi connectivity index (χ0v) is 15.5. The highest BCUT2D eigenvalue weighted by Gasteiger charge is 2.34. The van der Waals surface area contributed by atoms with Crippen LogP contribution >= 0.6 is 23.2 Å². The molecule has 2 N–H and O–H groups in total. The number of primary amides is 1. The van der Waals surface area contributed by atoms with Gasteiger partial charge < -0.3 is 15.2 Å². The van der Waals surface area contributed by atoms with E-state index in [1.54, 1.807) is 13.8 Å². The molecule has 1 heterocycles. The summed E-state index contributed by atoms with van der Waals surface area (Å²) < 4.78 is 24.0. The molecule has 0 aliphatic carbocycles. The van der Waals surface area contributed by atoms with Crippen LogP contribution in [0.25, 0.3) is 0 Å². The van der Waals surface area contributed by atoms with Gasteiger partial charge >= 0.3 is 12.1 Å². The molecule has 1 amide bonds. The van der Waals surface area contributed by atoms with Gasteiger partial charge in [0.2, 0.25) is 5.82 Å². The molecule has 0 aliphatic rings. The Kier molecular flexibility index (Phi) is 6.05. The lowest BCUT2D eigenvalue weighted by molar-refractivity contribution is -0.0181. The zero-order chi connectivity index (χ0) is 18.9. The van der Waals surface area contributed by atoms with Gasteiger partial charge in [-0.1, -0.05) is 44.0 Å². The van der Waals surface area contributed by atoms with Crippen LogP contribution in [-0.2, 0) is 4.74 Å². The Bertz CT molecular complexity index is 672. The first-order valence-corrected chi connectivity index (χ1v) is 7.74. The summed E-state index contributed by atoms with van der Waals surface area (Å²) in [5.74, 6) is -3.06. The fraction of sp³-hybridized carbons (Fsp3) is 0.533. The smallest absolute Gasteiger partial charge is 0.410 e. The first-order valence-electron chi connectivity index (χ1n) is 6.98. The van der Waals surface area contributed by atoms with Gasteiger partial charge in [0.25, 0.3) is 0 Å². The molecule has 0 aliphatic heterocycles. The van der Waals surface area contributed by atoms with Gasteiger partial charge in [-0.2, -0.15) is 4.39 Å². The maximum atomic E-state index is 14.1. The summed E-state index contributed by atoms with van der Waals surface area (Å²) in [6, 6.07) is 0. The Labute approximate surface area is 149 Å². The SMILES string of the molecule is CC(C)(C)CC(C)(C)OC(=O)c1c(Cl)nc(Cl)c(F)c1OC(N)=O. The lowest BCUT2D eigenvalue weighted by atomic mass is 9.83. The van der Waals surface area contributed by atoms with Gasteiger partial charge in [-0.05, 0) is 25.7 Å². The van der Waals surface area contributed by atoms with Gasteiger partial charge in [0.1, 0.15) is 16.3 Å². The summed E-state index contributed by atoms with van der Waals surface area (Å²) in [4.78, 5) is 26.9. The largest absolute Gasteiger partial charge is 0.456 e. The number of pyridine rings is 1. The molecule has 6 nitrogen and oxygen atoms in total. The van der Waals surface area contributed by atoms with Crippen molar-refractivity contribution in [3.8, 4) is 5.75 Å². The van der Waals surface area contributed by atoms with E-state index >= 15 is 0 Å². The van der Waals surface area contributed by atoms with Gasteiger partial charge in [0.05, 0.1) is 0 Å². The maximum absolute atomic E-state index is 14.1. The van der Waals surface area contributed by atoms with Crippen LogP contribution in [0.3, 0.4) is 0 Å². The number of amides is 1. The molecule has 0 bridgehead atoms. The van der Waals surface area contributed by atoms with Crippen molar-refractivity contribution in [2.45, 2.75) is 46.6 Å². The highest BCUT2D eigenvalue weighted by atomic mass is 35.5. The summed E-state index contributed by atoms with van der Waals surface area (Å²) >= 11 is 11.4. The van der Waals surface area contributed by atoms with E-state index in [-0.39, 0.29) is 5.41 Å². The lowest BCUT2D eigenvalue weighted by Crippen LogP contribution is -2.33. The standard InChI is InChI=1S/C15H19Cl2FN2O4/c1-14(2,3)6-15(4,5)24-12(21)7-9(23-13(19)22)8(18)11(17)20-10(7)16/h6H2,1-5H3,(H2,19,22). The van der Waals surface area contributed by atoms with E-state index in [1.165, 1.54) is 0 Å². The molecular formula is C15H19Cl2FN2O4. The molecule has 1 aromatic heterocycles. The molecule has 0 atom stereocenters.